The van der Waals surface area contributed by atoms with Gasteiger partial charge in [-0.3, -0.25) is 9.78 Å². The summed E-state index contributed by atoms with van der Waals surface area (Å²) in [5.74, 6) is 1.49. The Balaban J connectivity index is 0.00000298. The molecule has 0 saturated carbocycles. The standard InChI is InChI=1S/C30H46O3.C2H4/c1-3-5-7-9-11-13-15-21-27-23-17-19-25-29(27)31-33-32-30-26-20-18-24-28(30)22-16-14-12-10-8-6-4-2;1-2/h17-20,23-26H,3-16,21-22H2,1-2H3;1-2H2. The van der Waals surface area contributed by atoms with E-state index in [-0.39, 0.29) is 0 Å². The van der Waals surface area contributed by atoms with Crippen LogP contribution in [0, 0.1) is 0 Å². The molecule has 0 heterocycles. The quantitative estimate of drug-likeness (QED) is 0.0813. The first-order valence-electron chi connectivity index (χ1n) is 14.0. The second kappa shape index (κ2) is 22.2. The summed E-state index contributed by atoms with van der Waals surface area (Å²) in [5.41, 5.74) is 2.34. The third kappa shape index (κ3) is 14.7. The van der Waals surface area contributed by atoms with Crippen molar-refractivity contribution >= 4 is 0 Å². The summed E-state index contributed by atoms with van der Waals surface area (Å²) in [5, 5.41) is 5.23. The normalized spacial score (nSPS) is 10.5. The molecule has 0 atom stereocenters. The van der Waals surface area contributed by atoms with Crippen LogP contribution in [0.1, 0.15) is 115 Å². The maximum absolute atomic E-state index is 5.56. The van der Waals surface area contributed by atoms with Crippen LogP contribution < -0.4 is 9.78 Å². The maximum atomic E-state index is 5.56. The summed E-state index contributed by atoms with van der Waals surface area (Å²) in [4.78, 5) is 11.1. The first-order valence-corrected chi connectivity index (χ1v) is 14.0. The average molecular weight is 483 g/mol. The van der Waals surface area contributed by atoms with Crippen LogP contribution in [0.2, 0.25) is 0 Å². The van der Waals surface area contributed by atoms with Crippen molar-refractivity contribution in [2.75, 3.05) is 0 Å². The first-order chi connectivity index (χ1) is 17.3. The van der Waals surface area contributed by atoms with E-state index >= 15 is 0 Å². The molecule has 0 amide bonds. The highest BCUT2D eigenvalue weighted by Gasteiger charge is 2.08. The number of hydrogen-bond donors (Lipinski definition) is 0. The monoisotopic (exact) mass is 482 g/mol. The number of aryl methyl sites for hydroxylation is 2. The highest BCUT2D eigenvalue weighted by atomic mass is 17.5. The molecule has 0 N–H and O–H groups in total. The van der Waals surface area contributed by atoms with Gasteiger partial charge < -0.3 is 0 Å². The number of hydrogen-bond acceptors (Lipinski definition) is 3. The lowest BCUT2D eigenvalue weighted by Crippen LogP contribution is -2.05. The van der Waals surface area contributed by atoms with Crippen LogP contribution in [-0.4, -0.2) is 0 Å². The molecular weight excluding hydrogens is 432 g/mol. The van der Waals surface area contributed by atoms with Crippen LogP contribution in [-0.2, 0) is 17.9 Å². The predicted octanol–water partition coefficient (Wildman–Crippen LogP) is 10.4. The van der Waals surface area contributed by atoms with Gasteiger partial charge >= 0.3 is 0 Å². The van der Waals surface area contributed by atoms with Gasteiger partial charge in [-0.2, -0.15) is 0 Å². The Hall–Kier alpha value is -2.26. The fourth-order valence-electron chi connectivity index (χ4n) is 4.22. The average Bonchev–Trinajstić information content (AvgIpc) is 2.90. The highest BCUT2D eigenvalue weighted by molar-refractivity contribution is 5.34. The minimum absolute atomic E-state index is 0.744. The van der Waals surface area contributed by atoms with Crippen LogP contribution in [0.4, 0.5) is 0 Å². The summed E-state index contributed by atoms with van der Waals surface area (Å²) in [6.07, 6.45) is 20.3. The van der Waals surface area contributed by atoms with E-state index in [1.54, 1.807) is 0 Å². The maximum Gasteiger partial charge on any atom is 0.172 e. The summed E-state index contributed by atoms with van der Waals surface area (Å²) in [7, 11) is 0. The van der Waals surface area contributed by atoms with Gasteiger partial charge in [-0.15, -0.1) is 13.2 Å². The Bertz CT molecular complexity index is 682. The van der Waals surface area contributed by atoms with E-state index in [9.17, 15) is 0 Å². The summed E-state index contributed by atoms with van der Waals surface area (Å²) < 4.78 is 0. The molecule has 0 aliphatic heterocycles. The summed E-state index contributed by atoms with van der Waals surface area (Å²) in [6, 6.07) is 16.2. The van der Waals surface area contributed by atoms with Crippen molar-refractivity contribution in [3.63, 3.8) is 0 Å². The van der Waals surface area contributed by atoms with Gasteiger partial charge in [0.15, 0.2) is 11.5 Å². The zero-order valence-corrected chi connectivity index (χ0v) is 22.6. The Morgan fingerprint density at radius 3 is 1.23 bits per heavy atom. The van der Waals surface area contributed by atoms with E-state index in [0.29, 0.717) is 0 Å². The van der Waals surface area contributed by atoms with Crippen LogP contribution in [0.25, 0.3) is 0 Å². The zero-order chi connectivity index (χ0) is 25.4. The van der Waals surface area contributed by atoms with Gasteiger partial charge in [0, 0.05) is 5.04 Å². The molecule has 0 fully saturated rings. The zero-order valence-electron chi connectivity index (χ0n) is 22.6. The highest BCUT2D eigenvalue weighted by Crippen LogP contribution is 2.24. The van der Waals surface area contributed by atoms with Crippen LogP contribution in [0.3, 0.4) is 0 Å². The second-order valence-corrected chi connectivity index (χ2v) is 9.19. The minimum atomic E-state index is 0.744. The van der Waals surface area contributed by atoms with Crippen molar-refractivity contribution in [2.45, 2.75) is 117 Å². The third-order valence-corrected chi connectivity index (χ3v) is 6.29. The van der Waals surface area contributed by atoms with Crippen molar-refractivity contribution < 1.29 is 14.8 Å². The fourth-order valence-corrected chi connectivity index (χ4v) is 4.22. The number of para-hydroxylation sites is 2. The lowest BCUT2D eigenvalue weighted by atomic mass is 10.0. The fraction of sp³-hybridized carbons (Fsp3) is 0.562. The van der Waals surface area contributed by atoms with E-state index in [2.05, 4.69) is 51.3 Å². The van der Waals surface area contributed by atoms with Crippen LogP contribution >= 0.6 is 0 Å². The largest absolute Gasteiger partial charge is 0.299 e. The Morgan fingerprint density at radius 2 is 0.829 bits per heavy atom. The first kappa shape index (κ1) is 30.8. The Kier molecular flexibility index (Phi) is 19.5. The molecule has 0 bridgehead atoms. The number of benzene rings is 2. The molecule has 0 unspecified atom stereocenters. The van der Waals surface area contributed by atoms with E-state index in [0.717, 1.165) is 24.3 Å². The van der Waals surface area contributed by atoms with Crippen molar-refractivity contribution in [2.24, 2.45) is 0 Å². The smallest absolute Gasteiger partial charge is 0.172 e. The molecule has 2 aromatic rings. The molecule has 0 radical (unpaired) electrons. The minimum Gasteiger partial charge on any atom is -0.299 e. The Labute approximate surface area is 215 Å². The van der Waals surface area contributed by atoms with Gasteiger partial charge in [-0.25, -0.2) is 0 Å². The molecule has 0 saturated heterocycles. The molecule has 0 aromatic heterocycles. The van der Waals surface area contributed by atoms with Crippen LogP contribution in [0.5, 0.6) is 11.5 Å². The molecule has 35 heavy (non-hydrogen) atoms. The number of unbranched alkanes of at least 4 members (excludes halogenated alkanes) is 12. The van der Waals surface area contributed by atoms with Gasteiger partial charge in [0.2, 0.25) is 0 Å². The van der Waals surface area contributed by atoms with Crippen molar-refractivity contribution in [1.82, 2.24) is 0 Å². The molecule has 196 valence electrons. The molecular formula is C32H50O3. The van der Waals surface area contributed by atoms with Gasteiger partial charge in [-0.05, 0) is 48.9 Å². The van der Waals surface area contributed by atoms with E-state index in [1.807, 2.05) is 24.3 Å². The van der Waals surface area contributed by atoms with Crippen molar-refractivity contribution in [3.8, 4) is 11.5 Å². The van der Waals surface area contributed by atoms with Gasteiger partial charge in [0.1, 0.15) is 0 Å². The molecule has 2 aromatic carbocycles. The van der Waals surface area contributed by atoms with E-state index in [1.165, 1.54) is 101 Å². The van der Waals surface area contributed by atoms with Gasteiger partial charge in [0.05, 0.1) is 0 Å². The van der Waals surface area contributed by atoms with Crippen LogP contribution in [0.15, 0.2) is 61.7 Å². The topological polar surface area (TPSA) is 27.7 Å². The molecule has 3 heteroatoms. The summed E-state index contributed by atoms with van der Waals surface area (Å²) in [6.45, 7) is 10.5. The molecule has 0 aliphatic carbocycles. The Morgan fingerprint density at radius 1 is 0.486 bits per heavy atom. The van der Waals surface area contributed by atoms with Crippen molar-refractivity contribution in [1.29, 1.82) is 0 Å². The molecule has 2 rings (SSSR count). The van der Waals surface area contributed by atoms with E-state index < -0.39 is 0 Å². The number of rotatable bonds is 20. The SMILES string of the molecule is C=C.CCCCCCCCCc1ccccc1OOOc1ccccc1CCCCCCCCC. The lowest BCUT2D eigenvalue weighted by Gasteiger charge is -2.11. The van der Waals surface area contributed by atoms with Gasteiger partial charge in [-0.1, -0.05) is 127 Å². The van der Waals surface area contributed by atoms with Gasteiger partial charge in [0.25, 0.3) is 0 Å². The predicted molar refractivity (Wildman–Crippen MR) is 150 cm³/mol. The third-order valence-electron chi connectivity index (χ3n) is 6.29. The summed E-state index contributed by atoms with van der Waals surface area (Å²) >= 11 is 0. The van der Waals surface area contributed by atoms with E-state index in [4.69, 9.17) is 14.8 Å². The molecule has 0 spiro atoms. The van der Waals surface area contributed by atoms with Crippen molar-refractivity contribution in [3.05, 3.63) is 72.8 Å². The second-order valence-electron chi connectivity index (χ2n) is 9.19. The lowest BCUT2D eigenvalue weighted by molar-refractivity contribution is -0.411. The molecule has 0 aliphatic rings. The molecule has 3 nitrogen and oxygen atoms in total.